The van der Waals surface area contributed by atoms with Gasteiger partial charge in [0.15, 0.2) is 5.96 Å². The van der Waals surface area contributed by atoms with E-state index < -0.39 is 0 Å². The predicted molar refractivity (Wildman–Crippen MR) is 120 cm³/mol. The van der Waals surface area contributed by atoms with Crippen LogP contribution in [0.4, 0.5) is 4.39 Å². The number of hydrogen-bond acceptors (Lipinski definition) is 3. The zero-order valence-electron chi connectivity index (χ0n) is 18.1. The van der Waals surface area contributed by atoms with Crippen molar-refractivity contribution >= 4 is 5.96 Å². The number of halogens is 1. The Bertz CT molecular complexity index is 797. The van der Waals surface area contributed by atoms with Gasteiger partial charge in [0.1, 0.15) is 5.82 Å². The van der Waals surface area contributed by atoms with Crippen LogP contribution in [0.2, 0.25) is 0 Å². The molecule has 0 aromatic heterocycles. The van der Waals surface area contributed by atoms with E-state index in [1.165, 1.54) is 17.7 Å². The molecule has 0 aliphatic carbocycles. The second kappa shape index (κ2) is 11.1. The van der Waals surface area contributed by atoms with Crippen molar-refractivity contribution in [1.29, 1.82) is 0 Å². The molecule has 2 N–H and O–H groups in total. The van der Waals surface area contributed by atoms with Crippen molar-refractivity contribution in [2.45, 2.75) is 44.5 Å². The summed E-state index contributed by atoms with van der Waals surface area (Å²) >= 11 is 0. The summed E-state index contributed by atoms with van der Waals surface area (Å²) in [6, 6.07) is 17.9. The van der Waals surface area contributed by atoms with Crippen LogP contribution in [-0.4, -0.2) is 50.2 Å². The Morgan fingerprint density at radius 1 is 1.20 bits per heavy atom. The maximum absolute atomic E-state index is 13.2. The first-order valence-electron chi connectivity index (χ1n) is 10.6. The minimum Gasteiger partial charge on any atom is -0.375 e. The molecule has 1 heterocycles. The van der Waals surface area contributed by atoms with Crippen molar-refractivity contribution in [1.82, 2.24) is 15.5 Å². The fraction of sp³-hybridized carbons (Fsp3) is 0.458. The number of piperidine rings is 1. The molecule has 2 aromatic rings. The van der Waals surface area contributed by atoms with Crippen LogP contribution < -0.4 is 10.6 Å². The summed E-state index contributed by atoms with van der Waals surface area (Å²) in [5.41, 5.74) is 2.30. The second-order valence-electron chi connectivity index (χ2n) is 7.90. The number of nitrogens with zero attached hydrogens (tertiary/aromatic N) is 2. The molecule has 162 valence electrons. The van der Waals surface area contributed by atoms with Crippen LogP contribution in [0.25, 0.3) is 0 Å². The van der Waals surface area contributed by atoms with Crippen LogP contribution in [0.3, 0.4) is 0 Å². The summed E-state index contributed by atoms with van der Waals surface area (Å²) in [6.07, 6.45) is 1.97. The Balaban J connectivity index is 1.48. The van der Waals surface area contributed by atoms with Crippen molar-refractivity contribution < 1.29 is 9.13 Å². The molecule has 1 saturated heterocycles. The van der Waals surface area contributed by atoms with Crippen molar-refractivity contribution in [2.75, 3.05) is 27.2 Å². The molecular formula is C24H33FN4O. The number of hydrogen-bond donors (Lipinski definition) is 2. The van der Waals surface area contributed by atoms with Gasteiger partial charge < -0.3 is 15.4 Å². The fourth-order valence-corrected chi connectivity index (χ4v) is 4.00. The zero-order valence-corrected chi connectivity index (χ0v) is 18.1. The topological polar surface area (TPSA) is 48.9 Å². The van der Waals surface area contributed by atoms with E-state index >= 15 is 0 Å². The van der Waals surface area contributed by atoms with Gasteiger partial charge in [-0.1, -0.05) is 42.5 Å². The summed E-state index contributed by atoms with van der Waals surface area (Å²) in [5.74, 6) is 0.527. The molecule has 0 amide bonds. The first-order valence-corrected chi connectivity index (χ1v) is 10.6. The maximum atomic E-state index is 13.2. The third-order valence-corrected chi connectivity index (χ3v) is 5.79. The SMILES string of the molecule is CN=C(NCC(OC)c1ccc(F)cc1)NC1CCN(Cc2ccccc2)C(C)C1. The Morgan fingerprint density at radius 3 is 2.57 bits per heavy atom. The minimum absolute atomic E-state index is 0.171. The largest absolute Gasteiger partial charge is 0.375 e. The van der Waals surface area contributed by atoms with Crippen LogP contribution in [-0.2, 0) is 11.3 Å². The Morgan fingerprint density at radius 2 is 1.93 bits per heavy atom. The normalized spacial score (nSPS) is 21.3. The number of methoxy groups -OCH3 is 1. The highest BCUT2D eigenvalue weighted by molar-refractivity contribution is 5.80. The highest BCUT2D eigenvalue weighted by atomic mass is 19.1. The monoisotopic (exact) mass is 412 g/mol. The average Bonchev–Trinajstić information content (AvgIpc) is 2.77. The molecule has 0 radical (unpaired) electrons. The molecule has 3 rings (SSSR count). The van der Waals surface area contributed by atoms with Crippen molar-refractivity contribution in [3.63, 3.8) is 0 Å². The number of rotatable bonds is 7. The van der Waals surface area contributed by atoms with Gasteiger partial charge >= 0.3 is 0 Å². The molecule has 1 aliphatic rings. The first-order chi connectivity index (χ1) is 14.6. The molecule has 1 aliphatic heterocycles. The molecule has 0 spiro atoms. The highest BCUT2D eigenvalue weighted by Gasteiger charge is 2.26. The number of likely N-dealkylation sites (tertiary alicyclic amines) is 1. The summed E-state index contributed by atoms with van der Waals surface area (Å²) in [6.45, 7) is 4.91. The van der Waals surface area contributed by atoms with Gasteiger partial charge in [0.05, 0.1) is 6.10 Å². The predicted octanol–water partition coefficient (Wildman–Crippen LogP) is 3.73. The lowest BCUT2D eigenvalue weighted by atomic mass is 9.97. The highest BCUT2D eigenvalue weighted by Crippen LogP contribution is 2.20. The zero-order chi connectivity index (χ0) is 21.3. The van der Waals surface area contributed by atoms with Gasteiger partial charge in [0.25, 0.3) is 0 Å². The first kappa shape index (κ1) is 22.2. The van der Waals surface area contributed by atoms with Gasteiger partial charge in [0.2, 0.25) is 0 Å². The van der Waals surface area contributed by atoms with Gasteiger partial charge in [-0.05, 0) is 43.0 Å². The molecule has 1 fully saturated rings. The van der Waals surface area contributed by atoms with Gasteiger partial charge in [-0.15, -0.1) is 0 Å². The van der Waals surface area contributed by atoms with E-state index in [9.17, 15) is 4.39 Å². The van der Waals surface area contributed by atoms with Crippen molar-refractivity contribution in [2.24, 2.45) is 4.99 Å². The number of ether oxygens (including phenoxy) is 1. The van der Waals surface area contributed by atoms with E-state index in [4.69, 9.17) is 4.74 Å². The Labute approximate surface area is 179 Å². The number of aliphatic imine (C=N–C) groups is 1. The van der Waals surface area contributed by atoms with Crippen LogP contribution in [0.1, 0.15) is 37.0 Å². The summed E-state index contributed by atoms with van der Waals surface area (Å²) in [4.78, 5) is 6.91. The molecular weight excluding hydrogens is 379 g/mol. The lowest BCUT2D eigenvalue weighted by molar-refractivity contribution is 0.106. The van der Waals surface area contributed by atoms with E-state index in [1.807, 2.05) is 0 Å². The Hall–Kier alpha value is -2.44. The van der Waals surface area contributed by atoms with Crippen molar-refractivity contribution in [3.05, 3.63) is 71.5 Å². The molecule has 3 unspecified atom stereocenters. The summed E-state index contributed by atoms with van der Waals surface area (Å²) in [7, 11) is 3.44. The van der Waals surface area contributed by atoms with Gasteiger partial charge in [-0.2, -0.15) is 0 Å². The summed E-state index contributed by atoms with van der Waals surface area (Å²) < 4.78 is 18.7. The van der Waals surface area contributed by atoms with E-state index in [-0.39, 0.29) is 11.9 Å². The second-order valence-corrected chi connectivity index (χ2v) is 7.90. The molecule has 2 aromatic carbocycles. The van der Waals surface area contributed by atoms with Crippen molar-refractivity contribution in [3.8, 4) is 0 Å². The average molecular weight is 413 g/mol. The van der Waals surface area contributed by atoms with E-state index in [1.54, 1.807) is 26.3 Å². The van der Waals surface area contributed by atoms with Crippen LogP contribution >= 0.6 is 0 Å². The van der Waals surface area contributed by atoms with Crippen LogP contribution in [0.15, 0.2) is 59.6 Å². The Kier molecular flexibility index (Phi) is 8.22. The molecule has 3 atom stereocenters. The third kappa shape index (κ3) is 6.28. The van der Waals surface area contributed by atoms with Gasteiger partial charge in [-0.3, -0.25) is 9.89 Å². The minimum atomic E-state index is -0.244. The third-order valence-electron chi connectivity index (χ3n) is 5.79. The number of guanidine groups is 1. The van der Waals surface area contributed by atoms with Gasteiger partial charge in [0, 0.05) is 45.9 Å². The van der Waals surface area contributed by atoms with E-state index in [0.717, 1.165) is 37.5 Å². The maximum Gasteiger partial charge on any atom is 0.191 e. The molecule has 6 heteroatoms. The molecule has 0 bridgehead atoms. The van der Waals surface area contributed by atoms with E-state index in [0.29, 0.717) is 18.6 Å². The van der Waals surface area contributed by atoms with Crippen LogP contribution in [0.5, 0.6) is 0 Å². The standard InChI is InChI=1S/C24H33FN4O/c1-18-15-22(13-14-29(18)17-19-7-5-4-6-8-19)28-24(26-2)27-16-23(30-3)20-9-11-21(25)12-10-20/h4-12,18,22-23H,13-17H2,1-3H3,(H2,26,27,28). The lowest BCUT2D eigenvalue weighted by Crippen LogP contribution is -2.51. The fourth-order valence-electron chi connectivity index (χ4n) is 4.00. The quantitative estimate of drug-likeness (QED) is 0.537. The van der Waals surface area contributed by atoms with E-state index in [2.05, 4.69) is 57.8 Å². The molecule has 0 saturated carbocycles. The summed E-state index contributed by atoms with van der Waals surface area (Å²) in [5, 5.41) is 6.91. The van der Waals surface area contributed by atoms with Gasteiger partial charge in [-0.25, -0.2) is 4.39 Å². The number of nitrogens with one attached hydrogen (secondary N) is 2. The number of benzene rings is 2. The molecule has 30 heavy (non-hydrogen) atoms. The van der Waals surface area contributed by atoms with Crippen LogP contribution in [0, 0.1) is 5.82 Å². The molecule has 5 nitrogen and oxygen atoms in total. The smallest absolute Gasteiger partial charge is 0.191 e. The lowest BCUT2D eigenvalue weighted by Gasteiger charge is -2.38.